The fourth-order valence-electron chi connectivity index (χ4n) is 5.11. The molecule has 8 nitrogen and oxygen atoms in total. The van der Waals surface area contributed by atoms with Crippen molar-refractivity contribution in [2.45, 2.75) is 59.4 Å². The van der Waals surface area contributed by atoms with Gasteiger partial charge in [-0.2, -0.15) is 5.10 Å². The molecule has 1 amide bonds. The Morgan fingerprint density at radius 3 is 2.65 bits per heavy atom. The largest absolute Gasteiger partial charge is 0.462 e. The van der Waals surface area contributed by atoms with Crippen LogP contribution in [0.25, 0.3) is 16.7 Å². The van der Waals surface area contributed by atoms with E-state index in [4.69, 9.17) is 9.84 Å². The lowest BCUT2D eigenvalue weighted by molar-refractivity contribution is -0.116. The van der Waals surface area contributed by atoms with Gasteiger partial charge in [-0.15, -0.1) is 11.3 Å². The number of esters is 1. The van der Waals surface area contributed by atoms with Crippen molar-refractivity contribution < 1.29 is 14.3 Å². The second-order valence-electron chi connectivity index (χ2n) is 9.28. The quantitative estimate of drug-likeness (QED) is 0.349. The lowest BCUT2D eigenvalue weighted by Gasteiger charge is -2.13. The number of ether oxygens (including phenoxy) is 1. The summed E-state index contributed by atoms with van der Waals surface area (Å²) in [7, 11) is 0. The monoisotopic (exact) mass is 518 g/mol. The lowest BCUT2D eigenvalue weighted by atomic mass is 9.95. The van der Waals surface area contributed by atoms with E-state index in [0.717, 1.165) is 58.5 Å². The molecule has 37 heavy (non-hydrogen) atoms. The number of fused-ring (bicyclic) bond motifs is 2. The van der Waals surface area contributed by atoms with Crippen molar-refractivity contribution in [3.63, 3.8) is 0 Å². The number of benzene rings is 1. The van der Waals surface area contributed by atoms with Gasteiger partial charge in [-0.25, -0.2) is 9.48 Å². The Morgan fingerprint density at radius 2 is 1.89 bits per heavy atom. The normalized spacial score (nSPS) is 12.9. The molecule has 1 aromatic carbocycles. The van der Waals surface area contributed by atoms with E-state index in [1.54, 1.807) is 22.2 Å². The lowest BCUT2D eigenvalue weighted by Crippen LogP contribution is -2.25. The van der Waals surface area contributed by atoms with E-state index < -0.39 is 5.97 Å². The highest BCUT2D eigenvalue weighted by Crippen LogP contribution is 2.38. The summed E-state index contributed by atoms with van der Waals surface area (Å²) in [6, 6.07) is 11.2. The van der Waals surface area contributed by atoms with Crippen molar-refractivity contribution >= 4 is 39.2 Å². The molecule has 0 radical (unpaired) electrons. The minimum atomic E-state index is -0.393. The highest BCUT2D eigenvalue weighted by Gasteiger charge is 2.27. The first kappa shape index (κ1) is 25.0. The van der Waals surface area contributed by atoms with Crippen molar-refractivity contribution in [3.8, 4) is 5.69 Å². The maximum absolute atomic E-state index is 13.1. The van der Waals surface area contributed by atoms with Crippen molar-refractivity contribution in [3.05, 3.63) is 74.0 Å². The van der Waals surface area contributed by atoms with Gasteiger partial charge in [0.25, 0.3) is 5.56 Å². The van der Waals surface area contributed by atoms with Crippen LogP contribution in [-0.2, 0) is 28.9 Å². The average Bonchev–Trinajstić information content (AvgIpc) is 3.42. The summed E-state index contributed by atoms with van der Waals surface area (Å²) in [5.74, 6) is -0.650. The van der Waals surface area contributed by atoms with Crippen LogP contribution >= 0.6 is 11.3 Å². The molecule has 5 rings (SSSR count). The average molecular weight is 519 g/mol. The Kier molecular flexibility index (Phi) is 6.97. The maximum Gasteiger partial charge on any atom is 0.341 e. The van der Waals surface area contributed by atoms with Crippen LogP contribution in [0.1, 0.15) is 58.2 Å². The van der Waals surface area contributed by atoms with Crippen LogP contribution in [0.3, 0.4) is 0 Å². The third-order valence-corrected chi connectivity index (χ3v) is 7.97. The number of anilines is 1. The summed E-state index contributed by atoms with van der Waals surface area (Å²) in [5.41, 5.74) is 4.48. The van der Waals surface area contributed by atoms with Crippen molar-refractivity contribution in [2.75, 3.05) is 11.9 Å². The Hall–Kier alpha value is -3.72. The number of nitrogens with zero attached hydrogens (tertiary/aromatic N) is 3. The number of aryl methyl sites for hydroxylation is 4. The second-order valence-corrected chi connectivity index (χ2v) is 10.4. The van der Waals surface area contributed by atoms with Crippen molar-refractivity contribution in [2.24, 2.45) is 0 Å². The third kappa shape index (κ3) is 4.71. The summed E-state index contributed by atoms with van der Waals surface area (Å²) >= 11 is 1.46. The maximum atomic E-state index is 13.1. The van der Waals surface area contributed by atoms with Gasteiger partial charge >= 0.3 is 5.97 Å². The molecular formula is C28H30N4O4S. The van der Waals surface area contributed by atoms with E-state index >= 15 is 0 Å². The number of rotatable bonds is 7. The summed E-state index contributed by atoms with van der Waals surface area (Å²) in [4.78, 5) is 40.1. The van der Waals surface area contributed by atoms with Gasteiger partial charge in [0, 0.05) is 29.3 Å². The topological polar surface area (TPSA) is 95.2 Å². The smallest absolute Gasteiger partial charge is 0.341 e. The second kappa shape index (κ2) is 10.3. The number of hydrogen-bond acceptors (Lipinski definition) is 6. The molecule has 0 unspecified atom stereocenters. The Labute approximate surface area is 218 Å². The molecule has 1 aliphatic carbocycles. The van der Waals surface area contributed by atoms with Gasteiger partial charge in [0.15, 0.2) is 0 Å². The number of hydrogen-bond donors (Lipinski definition) is 1. The summed E-state index contributed by atoms with van der Waals surface area (Å²) in [6.45, 7) is 6.06. The Morgan fingerprint density at radius 1 is 1.14 bits per heavy atom. The fourth-order valence-corrected chi connectivity index (χ4v) is 6.40. The molecule has 1 N–H and O–H groups in total. The van der Waals surface area contributed by atoms with E-state index in [9.17, 15) is 14.4 Å². The summed E-state index contributed by atoms with van der Waals surface area (Å²) in [6.07, 6.45) is 3.88. The molecule has 0 spiro atoms. The Bertz CT molecular complexity index is 1550. The van der Waals surface area contributed by atoms with Crippen LogP contribution in [0.5, 0.6) is 0 Å². The van der Waals surface area contributed by atoms with Crippen LogP contribution in [0.2, 0.25) is 0 Å². The SMILES string of the molecule is CCOC(=O)c1c(NC(=O)CCn2c(=O)cc(C)c3c(C)nn(-c4ccccc4)c32)sc2c1CCCC2. The first-order chi connectivity index (χ1) is 17.9. The summed E-state index contributed by atoms with van der Waals surface area (Å²) in [5, 5.41) is 9.10. The third-order valence-electron chi connectivity index (χ3n) is 6.76. The Balaban J connectivity index is 1.45. The van der Waals surface area contributed by atoms with Crippen LogP contribution < -0.4 is 10.9 Å². The molecule has 1 aliphatic rings. The van der Waals surface area contributed by atoms with Crippen molar-refractivity contribution in [1.82, 2.24) is 14.3 Å². The first-order valence-corrected chi connectivity index (χ1v) is 13.5. The van der Waals surface area contributed by atoms with Crippen LogP contribution in [0, 0.1) is 13.8 Å². The van der Waals surface area contributed by atoms with Gasteiger partial charge in [-0.05, 0) is 69.7 Å². The molecule has 4 aromatic rings. The molecule has 0 aliphatic heterocycles. The fraction of sp³-hybridized carbons (Fsp3) is 0.357. The number of carbonyl (C=O) groups is 2. The highest BCUT2D eigenvalue weighted by molar-refractivity contribution is 7.17. The zero-order valence-corrected chi connectivity index (χ0v) is 22.1. The van der Waals surface area contributed by atoms with Gasteiger partial charge in [0.05, 0.1) is 23.6 Å². The molecule has 3 aromatic heterocycles. The number of aromatic nitrogens is 3. The van der Waals surface area contributed by atoms with Crippen LogP contribution in [0.15, 0.2) is 41.2 Å². The van der Waals surface area contributed by atoms with Crippen molar-refractivity contribution in [1.29, 1.82) is 0 Å². The predicted molar refractivity (Wildman–Crippen MR) is 145 cm³/mol. The number of thiophene rings is 1. The van der Waals surface area contributed by atoms with E-state index in [1.807, 2.05) is 44.2 Å². The predicted octanol–water partition coefficient (Wildman–Crippen LogP) is 4.95. The van der Waals surface area contributed by atoms with E-state index in [0.29, 0.717) is 16.2 Å². The van der Waals surface area contributed by atoms with Gasteiger partial charge in [0.1, 0.15) is 10.6 Å². The molecule has 0 bridgehead atoms. The van der Waals surface area contributed by atoms with Crippen LogP contribution in [0.4, 0.5) is 5.00 Å². The number of pyridine rings is 1. The standard InChI is InChI=1S/C28H30N4O4S/c1-4-36-28(35)25-20-12-8-9-13-21(20)37-26(25)29-22(33)14-15-31-23(34)16-17(2)24-18(3)30-32(27(24)31)19-10-6-5-7-11-19/h5-7,10-11,16H,4,8-9,12-15H2,1-3H3,(H,29,33). The summed E-state index contributed by atoms with van der Waals surface area (Å²) < 4.78 is 8.68. The number of carbonyl (C=O) groups excluding carboxylic acids is 2. The molecule has 9 heteroatoms. The minimum absolute atomic E-state index is 0.0713. The molecule has 0 saturated heterocycles. The van der Waals surface area contributed by atoms with E-state index in [-0.39, 0.29) is 31.0 Å². The van der Waals surface area contributed by atoms with E-state index in [2.05, 4.69) is 5.32 Å². The number of para-hydroxylation sites is 1. The molecule has 0 atom stereocenters. The number of amides is 1. The molecule has 3 heterocycles. The van der Waals surface area contributed by atoms with Gasteiger partial charge in [-0.1, -0.05) is 18.2 Å². The molecular weight excluding hydrogens is 488 g/mol. The minimum Gasteiger partial charge on any atom is -0.462 e. The van der Waals surface area contributed by atoms with E-state index in [1.165, 1.54) is 11.3 Å². The highest BCUT2D eigenvalue weighted by atomic mass is 32.1. The van der Waals surface area contributed by atoms with Gasteiger partial charge in [0.2, 0.25) is 5.91 Å². The zero-order chi connectivity index (χ0) is 26.1. The number of nitrogens with one attached hydrogen (secondary N) is 1. The molecule has 192 valence electrons. The zero-order valence-electron chi connectivity index (χ0n) is 21.3. The first-order valence-electron chi connectivity index (χ1n) is 12.7. The molecule has 0 saturated carbocycles. The van der Waals surface area contributed by atoms with Gasteiger partial charge in [-0.3, -0.25) is 14.2 Å². The van der Waals surface area contributed by atoms with Crippen LogP contribution in [-0.4, -0.2) is 32.8 Å². The molecule has 0 fully saturated rings. The van der Waals surface area contributed by atoms with Gasteiger partial charge < -0.3 is 10.1 Å².